The molecule has 0 radical (unpaired) electrons. The number of carboxylic acid groups (broad SMARTS) is 1. The normalized spacial score (nSPS) is 17.6. The predicted molar refractivity (Wildman–Crippen MR) is 147 cm³/mol. The second kappa shape index (κ2) is 9.87. The molecule has 1 saturated heterocycles. The van der Waals surface area contributed by atoms with Gasteiger partial charge in [-0.3, -0.25) is 14.8 Å². The highest BCUT2D eigenvalue weighted by Gasteiger charge is 2.43. The van der Waals surface area contributed by atoms with Crippen LogP contribution in [0.1, 0.15) is 18.5 Å². The number of carboxylic acids is 1. The molecule has 1 atom stereocenters. The number of benzene rings is 1. The van der Waals surface area contributed by atoms with E-state index in [2.05, 4.69) is 29.8 Å². The first kappa shape index (κ1) is 24.1. The van der Waals surface area contributed by atoms with Gasteiger partial charge in [-0.25, -0.2) is 9.97 Å². The van der Waals surface area contributed by atoms with Crippen molar-refractivity contribution in [3.63, 3.8) is 0 Å². The van der Waals surface area contributed by atoms with E-state index in [9.17, 15) is 9.90 Å². The van der Waals surface area contributed by atoms with Crippen LogP contribution >= 0.6 is 11.6 Å². The average Bonchev–Trinajstić information content (AvgIpc) is 3.37. The largest absolute Gasteiger partial charge is 0.481 e. The Morgan fingerprint density at radius 2 is 1.89 bits per heavy atom. The third-order valence-electron chi connectivity index (χ3n) is 7.13. The van der Waals surface area contributed by atoms with Crippen LogP contribution in [0.15, 0.2) is 79.3 Å². The lowest BCUT2D eigenvalue weighted by atomic mass is 9.76. The Labute approximate surface area is 224 Å². The number of nitrogens with one attached hydrogen (secondary N) is 1. The molecule has 5 heterocycles. The first-order valence-corrected chi connectivity index (χ1v) is 12.8. The summed E-state index contributed by atoms with van der Waals surface area (Å²) in [5.41, 5.74) is 4.16. The van der Waals surface area contributed by atoms with Crippen molar-refractivity contribution in [2.45, 2.75) is 19.3 Å². The molecule has 0 saturated carbocycles. The summed E-state index contributed by atoms with van der Waals surface area (Å²) in [5.74, 6) is 0.700. The maximum Gasteiger partial charge on any atom is 0.311 e. The van der Waals surface area contributed by atoms with E-state index >= 15 is 0 Å². The molecule has 1 unspecified atom stereocenters. The maximum absolute atomic E-state index is 12.4. The molecule has 9 heteroatoms. The third-order valence-corrected chi connectivity index (χ3v) is 7.36. The molecule has 0 amide bonds. The van der Waals surface area contributed by atoms with E-state index in [0.717, 1.165) is 58.2 Å². The zero-order chi connectivity index (χ0) is 26.1. The molecule has 6 rings (SSSR count). The van der Waals surface area contributed by atoms with Gasteiger partial charge in [0.05, 0.1) is 22.1 Å². The molecule has 1 fully saturated rings. The molecule has 190 valence electrons. The Balaban J connectivity index is 1.19. The topological polar surface area (TPSA) is 108 Å². The zero-order valence-corrected chi connectivity index (χ0v) is 21.3. The molecule has 8 nitrogen and oxygen atoms in total. The smallest absolute Gasteiger partial charge is 0.311 e. The van der Waals surface area contributed by atoms with Crippen LogP contribution in [0.2, 0.25) is 5.02 Å². The lowest BCUT2D eigenvalue weighted by molar-refractivity contribution is -0.149. The average molecular weight is 525 g/mol. The van der Waals surface area contributed by atoms with Crippen LogP contribution in [0.5, 0.6) is 0 Å². The third kappa shape index (κ3) is 4.70. The molecule has 5 aromatic rings. The van der Waals surface area contributed by atoms with Gasteiger partial charge in [0.15, 0.2) is 0 Å². The van der Waals surface area contributed by atoms with E-state index in [1.165, 1.54) is 0 Å². The summed E-state index contributed by atoms with van der Waals surface area (Å²) in [6.07, 6.45) is 7.06. The van der Waals surface area contributed by atoms with Gasteiger partial charge >= 0.3 is 5.97 Å². The Bertz CT molecular complexity index is 1590. The minimum atomic E-state index is -0.896. The Morgan fingerprint density at radius 3 is 2.63 bits per heavy atom. The lowest BCUT2D eigenvalue weighted by Gasteiger charge is -2.40. The predicted octanol–water partition coefficient (Wildman–Crippen LogP) is 5.65. The molecule has 1 aromatic carbocycles. The molecular weight excluding hydrogens is 500 g/mol. The molecule has 0 spiro atoms. The van der Waals surface area contributed by atoms with Crippen LogP contribution < -0.4 is 4.90 Å². The van der Waals surface area contributed by atoms with Gasteiger partial charge in [0, 0.05) is 59.9 Å². The van der Waals surface area contributed by atoms with Crippen LogP contribution in [0, 0.1) is 5.41 Å². The van der Waals surface area contributed by atoms with Gasteiger partial charge < -0.3 is 15.0 Å². The molecular formula is C29H25ClN6O2. The number of halogens is 1. The number of hydrogen-bond donors (Lipinski definition) is 2. The highest BCUT2D eigenvalue weighted by molar-refractivity contribution is 6.31. The summed E-state index contributed by atoms with van der Waals surface area (Å²) in [6.45, 7) is 1.15. The first-order valence-electron chi connectivity index (χ1n) is 12.5. The molecule has 0 bridgehead atoms. The summed E-state index contributed by atoms with van der Waals surface area (Å²) >= 11 is 6.08. The number of anilines is 1. The second-order valence-electron chi connectivity index (χ2n) is 9.69. The molecule has 4 aromatic heterocycles. The number of pyridine rings is 3. The number of carbonyl (C=O) groups is 1. The van der Waals surface area contributed by atoms with Crippen molar-refractivity contribution in [3.8, 4) is 22.6 Å². The molecule has 38 heavy (non-hydrogen) atoms. The molecule has 2 N–H and O–H groups in total. The number of aromatic amines is 1. The monoisotopic (exact) mass is 524 g/mol. The van der Waals surface area contributed by atoms with E-state index < -0.39 is 11.4 Å². The number of rotatable bonds is 6. The number of nitrogens with zero attached hydrogens (tertiary/aromatic N) is 5. The van der Waals surface area contributed by atoms with E-state index in [4.69, 9.17) is 11.6 Å². The summed E-state index contributed by atoms with van der Waals surface area (Å²) in [6, 6.07) is 19.0. The fraction of sp³-hybridized carbons (Fsp3) is 0.207. The van der Waals surface area contributed by atoms with E-state index in [0.29, 0.717) is 24.4 Å². The number of hydrogen-bond acceptors (Lipinski definition) is 6. The van der Waals surface area contributed by atoms with Crippen molar-refractivity contribution in [3.05, 3.63) is 90.0 Å². The van der Waals surface area contributed by atoms with Crippen LogP contribution in [0.4, 0.5) is 5.82 Å². The van der Waals surface area contributed by atoms with Crippen LogP contribution in [-0.2, 0) is 11.2 Å². The van der Waals surface area contributed by atoms with Gasteiger partial charge in [-0.05, 0) is 67.4 Å². The Kier molecular flexibility index (Phi) is 6.25. The van der Waals surface area contributed by atoms with Crippen molar-refractivity contribution in [2.24, 2.45) is 5.41 Å². The number of aliphatic carboxylic acids is 1. The minimum Gasteiger partial charge on any atom is -0.481 e. The van der Waals surface area contributed by atoms with Gasteiger partial charge in [0.25, 0.3) is 0 Å². The van der Waals surface area contributed by atoms with Crippen molar-refractivity contribution in [1.29, 1.82) is 0 Å². The fourth-order valence-corrected chi connectivity index (χ4v) is 5.28. The zero-order valence-electron chi connectivity index (χ0n) is 20.5. The van der Waals surface area contributed by atoms with Gasteiger partial charge in [0.1, 0.15) is 11.6 Å². The summed E-state index contributed by atoms with van der Waals surface area (Å²) < 4.78 is 0. The summed E-state index contributed by atoms with van der Waals surface area (Å²) in [4.78, 5) is 36.0. The SMILES string of the molecule is O=C(O)C1(Cc2ccccn2)CCCN(c2ccc(-c3ccc(-c4nc5cc(Cl)ccc5[nH]4)cn3)cn2)C1. The number of piperidine rings is 1. The van der Waals surface area contributed by atoms with Crippen molar-refractivity contribution < 1.29 is 9.90 Å². The van der Waals surface area contributed by atoms with Gasteiger partial charge in [0.2, 0.25) is 0 Å². The van der Waals surface area contributed by atoms with Gasteiger partial charge in [-0.15, -0.1) is 0 Å². The van der Waals surface area contributed by atoms with E-state index in [1.807, 2.05) is 60.7 Å². The number of aromatic nitrogens is 5. The summed E-state index contributed by atoms with van der Waals surface area (Å²) in [5, 5.41) is 10.8. The van der Waals surface area contributed by atoms with Gasteiger partial charge in [-0.2, -0.15) is 0 Å². The Morgan fingerprint density at radius 1 is 1.03 bits per heavy atom. The van der Waals surface area contributed by atoms with Crippen LogP contribution in [-0.4, -0.2) is 49.1 Å². The fourth-order valence-electron chi connectivity index (χ4n) is 5.12. The summed E-state index contributed by atoms with van der Waals surface area (Å²) in [7, 11) is 0. The quantitative estimate of drug-likeness (QED) is 0.295. The van der Waals surface area contributed by atoms with Crippen LogP contribution in [0.25, 0.3) is 33.7 Å². The van der Waals surface area contributed by atoms with Crippen molar-refractivity contribution in [2.75, 3.05) is 18.0 Å². The molecule has 0 aliphatic carbocycles. The van der Waals surface area contributed by atoms with E-state index in [-0.39, 0.29) is 0 Å². The Hall–Kier alpha value is -4.30. The highest BCUT2D eigenvalue weighted by Crippen LogP contribution is 2.36. The maximum atomic E-state index is 12.4. The standard InChI is InChI=1S/C29H25ClN6O2/c30-21-7-9-24-25(14-21)35-27(34-24)20-5-8-23(32-17-20)19-6-10-26(33-16-19)36-13-3-11-29(18-36,28(37)38)15-22-4-1-2-12-31-22/h1-2,4-10,12,14,16-17H,3,11,13,15,18H2,(H,34,35)(H,37,38). The number of fused-ring (bicyclic) bond motifs is 1. The number of imidazole rings is 1. The van der Waals surface area contributed by atoms with Gasteiger partial charge in [-0.1, -0.05) is 17.7 Å². The molecule has 1 aliphatic rings. The number of H-pyrrole nitrogens is 1. The van der Waals surface area contributed by atoms with E-state index in [1.54, 1.807) is 18.6 Å². The van der Waals surface area contributed by atoms with Crippen LogP contribution in [0.3, 0.4) is 0 Å². The second-order valence-corrected chi connectivity index (χ2v) is 10.1. The van der Waals surface area contributed by atoms with Crippen molar-refractivity contribution in [1.82, 2.24) is 24.9 Å². The minimum absolute atomic E-state index is 0.390. The highest BCUT2D eigenvalue weighted by atomic mass is 35.5. The molecule has 1 aliphatic heterocycles. The van der Waals surface area contributed by atoms with Crippen molar-refractivity contribution >= 4 is 34.4 Å². The first-order chi connectivity index (χ1) is 18.5. The lowest BCUT2D eigenvalue weighted by Crippen LogP contribution is -2.49.